The van der Waals surface area contributed by atoms with E-state index in [1.165, 1.54) is 0 Å². The van der Waals surface area contributed by atoms with Crippen molar-refractivity contribution < 1.29 is 0 Å². The predicted octanol–water partition coefficient (Wildman–Crippen LogP) is 5.43. The average molecular weight is 463 g/mol. The van der Waals surface area contributed by atoms with Crippen LogP contribution in [0.4, 0.5) is 0 Å². The Balaban J connectivity index is 1.59. The Morgan fingerprint density at radius 3 is 2.51 bits per heavy atom. The monoisotopic (exact) mass is 462 g/mol. The zero-order valence-corrected chi connectivity index (χ0v) is 19.9. The predicted molar refractivity (Wildman–Crippen MR) is 140 cm³/mol. The maximum Gasteiger partial charge on any atom is 0.161 e. The lowest BCUT2D eigenvalue weighted by Crippen LogP contribution is -2.20. The van der Waals surface area contributed by atoms with Crippen molar-refractivity contribution in [2.75, 3.05) is 0 Å². The molecule has 0 radical (unpaired) electrons. The summed E-state index contributed by atoms with van der Waals surface area (Å²) in [6, 6.07) is 10.0. The fraction of sp³-hybridized carbons (Fsp3) is 0.148. The molecule has 0 atom stereocenters. The highest BCUT2D eigenvalue weighted by atomic mass is 15.2. The first-order valence-corrected chi connectivity index (χ1v) is 11.5. The first-order chi connectivity index (χ1) is 17.1. The second-order valence-electron chi connectivity index (χ2n) is 8.39. The second-order valence-corrected chi connectivity index (χ2v) is 8.39. The van der Waals surface area contributed by atoms with Crippen molar-refractivity contribution in [2.45, 2.75) is 26.8 Å². The third kappa shape index (κ3) is 4.33. The van der Waals surface area contributed by atoms with Gasteiger partial charge in [0.2, 0.25) is 0 Å². The minimum absolute atomic E-state index is 0.299. The third-order valence-electron chi connectivity index (χ3n) is 5.58. The summed E-state index contributed by atoms with van der Waals surface area (Å²) in [7, 11) is 0. The Labute approximate surface area is 203 Å². The van der Waals surface area contributed by atoms with E-state index in [9.17, 15) is 0 Å². The average Bonchev–Trinajstić information content (AvgIpc) is 3.50. The van der Waals surface area contributed by atoms with Gasteiger partial charge >= 0.3 is 0 Å². The summed E-state index contributed by atoms with van der Waals surface area (Å²) in [5.74, 6) is 0.630. The number of rotatable bonds is 7. The molecule has 0 bridgehead atoms. The van der Waals surface area contributed by atoms with Gasteiger partial charge in [-0.3, -0.25) is 15.1 Å². The molecule has 0 aromatic carbocycles. The molecule has 35 heavy (non-hydrogen) atoms. The van der Waals surface area contributed by atoms with Gasteiger partial charge in [-0.1, -0.05) is 12.7 Å². The van der Waals surface area contributed by atoms with Gasteiger partial charge in [0.05, 0.1) is 22.4 Å². The summed E-state index contributed by atoms with van der Waals surface area (Å²) in [6.07, 6.45) is 11.2. The van der Waals surface area contributed by atoms with Gasteiger partial charge < -0.3 is 10.3 Å². The van der Waals surface area contributed by atoms with Crippen LogP contribution in [0.3, 0.4) is 0 Å². The molecule has 0 fully saturated rings. The molecular formula is C27H26N8. The molecule has 3 N–H and O–H groups in total. The lowest BCUT2D eigenvalue weighted by atomic mass is 10.1. The van der Waals surface area contributed by atoms with E-state index in [1.807, 2.05) is 49.4 Å². The molecule has 0 saturated heterocycles. The number of fused-ring (bicyclic) bond motifs is 2. The molecule has 8 nitrogen and oxygen atoms in total. The van der Waals surface area contributed by atoms with Crippen LogP contribution in [0.25, 0.3) is 50.4 Å². The van der Waals surface area contributed by atoms with Crippen molar-refractivity contribution in [2.24, 2.45) is 0 Å². The molecule has 0 unspecified atom stereocenters. The lowest BCUT2D eigenvalue weighted by Gasteiger charge is -2.12. The number of aromatic amines is 2. The number of pyridine rings is 3. The maximum absolute atomic E-state index is 4.95. The van der Waals surface area contributed by atoms with Gasteiger partial charge in [0.25, 0.3) is 0 Å². The highest BCUT2D eigenvalue weighted by molar-refractivity contribution is 5.95. The van der Waals surface area contributed by atoms with Gasteiger partial charge in [-0.25, -0.2) is 9.97 Å². The van der Waals surface area contributed by atoms with Crippen LogP contribution in [-0.2, 0) is 0 Å². The van der Waals surface area contributed by atoms with Crippen molar-refractivity contribution in [3.63, 3.8) is 0 Å². The molecule has 0 saturated carbocycles. The van der Waals surface area contributed by atoms with Crippen molar-refractivity contribution in [1.82, 2.24) is 40.4 Å². The Hall–Kier alpha value is -4.59. The van der Waals surface area contributed by atoms with E-state index in [1.54, 1.807) is 18.6 Å². The highest BCUT2D eigenvalue weighted by Gasteiger charge is 2.17. The van der Waals surface area contributed by atoms with E-state index in [0.717, 1.165) is 50.3 Å². The molecule has 5 heterocycles. The molecule has 0 spiro atoms. The SMILES string of the molecule is C=C/C(=C\C(=C/C)c1ccc2[nH]nc(-c3nc4c(-c5ccncc5)nccc4[nH]3)c2n1)NC(C)C. The van der Waals surface area contributed by atoms with Gasteiger partial charge in [-0.2, -0.15) is 5.10 Å². The van der Waals surface area contributed by atoms with E-state index in [4.69, 9.17) is 9.97 Å². The van der Waals surface area contributed by atoms with Crippen LogP contribution in [0.15, 0.2) is 79.4 Å². The number of hydrogen-bond acceptors (Lipinski definition) is 6. The van der Waals surface area contributed by atoms with E-state index < -0.39 is 0 Å². The molecule has 0 aliphatic rings. The number of H-pyrrole nitrogens is 2. The van der Waals surface area contributed by atoms with Crippen LogP contribution in [-0.4, -0.2) is 41.2 Å². The Kier molecular flexibility index (Phi) is 5.93. The summed E-state index contributed by atoms with van der Waals surface area (Å²) in [6.45, 7) is 10.1. The second kappa shape index (κ2) is 9.34. The fourth-order valence-electron chi connectivity index (χ4n) is 3.96. The van der Waals surface area contributed by atoms with Gasteiger partial charge in [0, 0.05) is 35.9 Å². The van der Waals surface area contributed by atoms with Crippen LogP contribution in [0, 0.1) is 0 Å². The smallest absolute Gasteiger partial charge is 0.161 e. The van der Waals surface area contributed by atoms with E-state index in [0.29, 0.717) is 17.6 Å². The van der Waals surface area contributed by atoms with Crippen LogP contribution in [0.5, 0.6) is 0 Å². The van der Waals surface area contributed by atoms with Crippen LogP contribution in [0.2, 0.25) is 0 Å². The molecule has 5 aromatic heterocycles. The van der Waals surface area contributed by atoms with Crippen molar-refractivity contribution in [1.29, 1.82) is 0 Å². The summed E-state index contributed by atoms with van der Waals surface area (Å²) in [5.41, 5.74) is 8.38. The van der Waals surface area contributed by atoms with Crippen LogP contribution >= 0.6 is 0 Å². The van der Waals surface area contributed by atoms with Crippen molar-refractivity contribution in [3.05, 3.63) is 85.1 Å². The van der Waals surface area contributed by atoms with E-state index >= 15 is 0 Å². The maximum atomic E-state index is 4.95. The molecule has 5 rings (SSSR count). The number of allylic oxidation sites excluding steroid dienone is 4. The van der Waals surface area contributed by atoms with E-state index in [-0.39, 0.29) is 0 Å². The Morgan fingerprint density at radius 1 is 0.971 bits per heavy atom. The topological polar surface area (TPSA) is 108 Å². The summed E-state index contributed by atoms with van der Waals surface area (Å²) >= 11 is 0. The minimum Gasteiger partial charge on any atom is -0.383 e. The van der Waals surface area contributed by atoms with E-state index in [2.05, 4.69) is 57.0 Å². The molecule has 0 aliphatic carbocycles. The fourth-order valence-corrected chi connectivity index (χ4v) is 3.96. The normalized spacial score (nSPS) is 12.6. The third-order valence-corrected chi connectivity index (χ3v) is 5.58. The molecular weight excluding hydrogens is 436 g/mol. The molecule has 8 heteroatoms. The lowest BCUT2D eigenvalue weighted by molar-refractivity contribution is 0.682. The molecule has 174 valence electrons. The van der Waals surface area contributed by atoms with Gasteiger partial charge in [-0.05, 0) is 68.8 Å². The Bertz CT molecular complexity index is 1570. The van der Waals surface area contributed by atoms with Gasteiger partial charge in [0.1, 0.15) is 11.0 Å². The zero-order valence-electron chi connectivity index (χ0n) is 19.9. The molecule has 5 aromatic rings. The molecule has 0 aliphatic heterocycles. The quantitative estimate of drug-likeness (QED) is 0.278. The Morgan fingerprint density at radius 2 is 1.77 bits per heavy atom. The first-order valence-electron chi connectivity index (χ1n) is 11.5. The number of nitrogens with one attached hydrogen (secondary N) is 3. The van der Waals surface area contributed by atoms with Crippen molar-refractivity contribution >= 4 is 27.6 Å². The largest absolute Gasteiger partial charge is 0.383 e. The molecule has 0 amide bonds. The summed E-state index contributed by atoms with van der Waals surface area (Å²) < 4.78 is 0. The first kappa shape index (κ1) is 22.2. The number of nitrogens with zero attached hydrogens (tertiary/aromatic N) is 5. The van der Waals surface area contributed by atoms with Crippen molar-refractivity contribution in [3.8, 4) is 22.8 Å². The number of imidazole rings is 1. The minimum atomic E-state index is 0.299. The van der Waals surface area contributed by atoms with Crippen LogP contribution < -0.4 is 5.32 Å². The summed E-state index contributed by atoms with van der Waals surface area (Å²) in [4.78, 5) is 21.9. The van der Waals surface area contributed by atoms with Gasteiger partial charge in [-0.15, -0.1) is 0 Å². The number of aromatic nitrogens is 7. The summed E-state index contributed by atoms with van der Waals surface area (Å²) in [5, 5.41) is 11.0. The highest BCUT2D eigenvalue weighted by Crippen LogP contribution is 2.30. The zero-order chi connectivity index (χ0) is 24.4. The van der Waals surface area contributed by atoms with Crippen LogP contribution in [0.1, 0.15) is 26.5 Å². The number of hydrogen-bond donors (Lipinski definition) is 3. The standard InChI is InChI=1S/C27H26N8/c1-5-17(15-19(6-2)30-16(3)4)20-7-8-22-25(31-20)26(35-34-22)27-32-21-11-14-29-23(24(21)33-27)18-9-12-28-13-10-18/h5-16,30H,2H2,1,3-4H3,(H,32,33)(H,34,35)/b17-5+,19-15+. The van der Waals surface area contributed by atoms with Gasteiger partial charge in [0.15, 0.2) is 11.5 Å².